The van der Waals surface area contributed by atoms with Crippen molar-refractivity contribution in [1.82, 2.24) is 15.3 Å². The highest BCUT2D eigenvalue weighted by atomic mass is 35.5. The Morgan fingerprint density at radius 2 is 1.85 bits per heavy atom. The van der Waals surface area contributed by atoms with Crippen molar-refractivity contribution < 1.29 is 19.8 Å². The summed E-state index contributed by atoms with van der Waals surface area (Å²) >= 11 is 5.98. The van der Waals surface area contributed by atoms with Gasteiger partial charge in [0.2, 0.25) is 0 Å². The maximum atomic E-state index is 12.0. The minimum absolute atomic E-state index is 0.0971. The van der Waals surface area contributed by atoms with E-state index in [1.54, 1.807) is 11.3 Å². The number of aromatic amines is 1. The van der Waals surface area contributed by atoms with Gasteiger partial charge in [0.25, 0.3) is 0 Å². The number of phenols is 2. The predicted octanol–water partition coefficient (Wildman–Crippen LogP) is 2.77. The predicted molar refractivity (Wildman–Crippen MR) is 102 cm³/mol. The molecule has 1 aliphatic heterocycles. The van der Waals surface area contributed by atoms with Gasteiger partial charge in [0.05, 0.1) is 41.1 Å². The highest BCUT2D eigenvalue weighted by molar-refractivity contribution is 6.32. The van der Waals surface area contributed by atoms with Crippen molar-refractivity contribution in [3.05, 3.63) is 23.4 Å². The molecule has 1 aliphatic rings. The van der Waals surface area contributed by atoms with E-state index in [9.17, 15) is 15.0 Å². The Morgan fingerprint density at radius 1 is 1.19 bits per heavy atom. The molecule has 0 saturated carbocycles. The third-order valence-corrected chi connectivity index (χ3v) is 4.66. The van der Waals surface area contributed by atoms with Crippen LogP contribution in [0.1, 0.15) is 20.8 Å². The van der Waals surface area contributed by atoms with Gasteiger partial charge >= 0.3 is 5.97 Å². The number of phenolic OH excluding ortho intramolecular Hbond substituents is 2. The second kappa shape index (κ2) is 7.28. The summed E-state index contributed by atoms with van der Waals surface area (Å²) < 4.78 is 0. The molecule has 27 heavy (non-hydrogen) atoms. The van der Waals surface area contributed by atoms with E-state index in [2.05, 4.69) is 15.1 Å². The van der Waals surface area contributed by atoms with Gasteiger partial charge in [-0.15, -0.1) is 5.06 Å². The number of H-pyrrole nitrogens is 1. The van der Waals surface area contributed by atoms with Gasteiger partial charge in [-0.3, -0.25) is 5.10 Å². The molecule has 0 amide bonds. The number of anilines is 1. The van der Waals surface area contributed by atoms with Crippen LogP contribution in [-0.2, 0) is 9.63 Å². The van der Waals surface area contributed by atoms with Crippen LogP contribution in [-0.4, -0.2) is 57.6 Å². The summed E-state index contributed by atoms with van der Waals surface area (Å²) in [5.41, 5.74) is 1.31. The van der Waals surface area contributed by atoms with Crippen LogP contribution in [0.15, 0.2) is 18.3 Å². The quantitative estimate of drug-likeness (QED) is 0.735. The Hall–Kier alpha value is -2.45. The normalized spacial score (nSPS) is 15.8. The van der Waals surface area contributed by atoms with Crippen molar-refractivity contribution >= 4 is 23.3 Å². The number of carbonyl (C=O) groups excluding carboxylic acids is 1. The first kappa shape index (κ1) is 19.3. The van der Waals surface area contributed by atoms with Crippen LogP contribution in [0.25, 0.3) is 11.3 Å². The van der Waals surface area contributed by atoms with Gasteiger partial charge < -0.3 is 20.0 Å². The number of hydroxylamine groups is 2. The van der Waals surface area contributed by atoms with Gasteiger partial charge in [-0.05, 0) is 26.8 Å². The van der Waals surface area contributed by atoms with Crippen molar-refractivity contribution in [2.75, 3.05) is 31.1 Å². The van der Waals surface area contributed by atoms with E-state index < -0.39 is 5.41 Å². The van der Waals surface area contributed by atoms with E-state index in [0.717, 1.165) is 5.69 Å². The van der Waals surface area contributed by atoms with Gasteiger partial charge in [-0.2, -0.15) is 5.10 Å². The first-order valence-electron chi connectivity index (χ1n) is 8.64. The van der Waals surface area contributed by atoms with Gasteiger partial charge in [-0.25, -0.2) is 4.79 Å². The number of aromatic hydroxyl groups is 2. The van der Waals surface area contributed by atoms with Crippen LogP contribution >= 0.6 is 11.6 Å². The minimum atomic E-state index is -0.551. The van der Waals surface area contributed by atoms with E-state index in [1.165, 1.54) is 12.1 Å². The highest BCUT2D eigenvalue weighted by Crippen LogP contribution is 2.40. The molecule has 0 atom stereocenters. The van der Waals surface area contributed by atoms with Crippen LogP contribution in [0.3, 0.4) is 0 Å². The summed E-state index contributed by atoms with van der Waals surface area (Å²) in [6, 6.07) is 2.69. The number of hydrogen-bond donors (Lipinski definition) is 3. The van der Waals surface area contributed by atoms with Crippen LogP contribution in [0.5, 0.6) is 11.5 Å². The van der Waals surface area contributed by atoms with E-state index in [4.69, 9.17) is 16.4 Å². The van der Waals surface area contributed by atoms with E-state index >= 15 is 0 Å². The zero-order valence-electron chi connectivity index (χ0n) is 15.5. The average molecular weight is 395 g/mol. The lowest BCUT2D eigenvalue weighted by atomic mass is 9.98. The largest absolute Gasteiger partial charge is 0.507 e. The van der Waals surface area contributed by atoms with E-state index in [0.29, 0.717) is 37.4 Å². The smallest absolute Gasteiger partial charge is 0.330 e. The molecule has 0 spiro atoms. The second-order valence-electron chi connectivity index (χ2n) is 7.50. The van der Waals surface area contributed by atoms with Crippen molar-refractivity contribution in [1.29, 1.82) is 0 Å². The first-order chi connectivity index (χ1) is 12.7. The summed E-state index contributed by atoms with van der Waals surface area (Å²) in [5, 5.41) is 28.6. The van der Waals surface area contributed by atoms with E-state index in [1.807, 2.05) is 20.8 Å². The molecule has 0 unspecified atom stereocenters. The maximum absolute atomic E-state index is 12.0. The number of carbonyl (C=O) groups is 1. The number of rotatable bonds is 3. The molecule has 3 rings (SSSR count). The molecule has 2 aromatic rings. The Labute approximate surface area is 162 Å². The average Bonchev–Trinajstić information content (AvgIpc) is 3.07. The number of halogens is 1. The summed E-state index contributed by atoms with van der Waals surface area (Å²) in [6.07, 6.45) is 1.67. The molecule has 0 radical (unpaired) electrons. The van der Waals surface area contributed by atoms with Gasteiger partial charge in [0.15, 0.2) is 0 Å². The Bertz CT molecular complexity index is 838. The number of benzene rings is 1. The van der Waals surface area contributed by atoms with Crippen molar-refractivity contribution in [3.8, 4) is 22.8 Å². The van der Waals surface area contributed by atoms with E-state index in [-0.39, 0.29) is 22.5 Å². The first-order valence-corrected chi connectivity index (χ1v) is 9.02. The van der Waals surface area contributed by atoms with Crippen LogP contribution in [0.4, 0.5) is 5.69 Å². The number of piperazine rings is 1. The molecular weight excluding hydrogens is 372 g/mol. The monoisotopic (exact) mass is 394 g/mol. The molecule has 1 fully saturated rings. The number of nitrogens with zero attached hydrogens (tertiary/aromatic N) is 3. The highest BCUT2D eigenvalue weighted by Gasteiger charge is 2.29. The van der Waals surface area contributed by atoms with Crippen LogP contribution < -0.4 is 4.90 Å². The fourth-order valence-electron chi connectivity index (χ4n) is 2.74. The molecule has 0 aliphatic carbocycles. The Balaban J connectivity index is 1.73. The van der Waals surface area contributed by atoms with Crippen molar-refractivity contribution in [2.45, 2.75) is 20.8 Å². The van der Waals surface area contributed by atoms with Crippen LogP contribution in [0, 0.1) is 5.41 Å². The summed E-state index contributed by atoms with van der Waals surface area (Å²) in [5.74, 6) is -0.544. The lowest BCUT2D eigenvalue weighted by Gasteiger charge is -2.35. The molecule has 1 saturated heterocycles. The summed E-state index contributed by atoms with van der Waals surface area (Å²) in [7, 11) is 0. The second-order valence-corrected chi connectivity index (χ2v) is 7.90. The van der Waals surface area contributed by atoms with Gasteiger partial charge in [0.1, 0.15) is 11.5 Å². The third kappa shape index (κ3) is 4.12. The third-order valence-electron chi connectivity index (χ3n) is 4.36. The van der Waals surface area contributed by atoms with Crippen molar-refractivity contribution in [2.24, 2.45) is 5.41 Å². The lowest BCUT2D eigenvalue weighted by Crippen LogP contribution is -2.48. The molecule has 8 nitrogen and oxygen atoms in total. The molecule has 1 aromatic carbocycles. The SMILES string of the molecule is CC(C)(C)C(=O)ON1CCN(c2cn[nH]c2-c2cc(Cl)c(O)cc2O)CC1. The van der Waals surface area contributed by atoms with Crippen LogP contribution in [0.2, 0.25) is 5.02 Å². The molecule has 3 N–H and O–H groups in total. The molecule has 1 aromatic heterocycles. The molecular formula is C18H23ClN4O4. The number of nitrogens with one attached hydrogen (secondary N) is 1. The topological polar surface area (TPSA) is 102 Å². The molecule has 0 bridgehead atoms. The maximum Gasteiger partial charge on any atom is 0.330 e. The fraction of sp³-hybridized carbons (Fsp3) is 0.444. The number of hydrogen-bond acceptors (Lipinski definition) is 7. The zero-order valence-corrected chi connectivity index (χ0v) is 16.2. The molecule has 2 heterocycles. The number of aromatic nitrogens is 2. The van der Waals surface area contributed by atoms with Gasteiger partial charge in [-0.1, -0.05) is 11.6 Å². The Kier molecular flexibility index (Phi) is 5.21. The fourth-order valence-corrected chi connectivity index (χ4v) is 2.91. The zero-order chi connectivity index (χ0) is 19.8. The van der Waals surface area contributed by atoms with Crippen molar-refractivity contribution in [3.63, 3.8) is 0 Å². The molecule has 146 valence electrons. The van der Waals surface area contributed by atoms with Gasteiger partial charge in [0, 0.05) is 24.7 Å². The lowest BCUT2D eigenvalue weighted by molar-refractivity contribution is -0.201. The minimum Gasteiger partial charge on any atom is -0.507 e. The Morgan fingerprint density at radius 3 is 2.48 bits per heavy atom. The summed E-state index contributed by atoms with van der Waals surface area (Å²) in [6.45, 7) is 7.80. The standard InChI is InChI=1S/C18H23ClN4O4/c1-18(2,3)17(26)27-23-6-4-22(5-7-23)13-10-20-21-16(13)11-8-12(19)15(25)9-14(11)24/h8-10,24-25H,4-7H2,1-3H3,(H,20,21). The molecule has 9 heteroatoms. The summed E-state index contributed by atoms with van der Waals surface area (Å²) in [4.78, 5) is 19.6.